The summed E-state index contributed by atoms with van der Waals surface area (Å²) in [5, 5.41) is 1.29. The molecule has 0 radical (unpaired) electrons. The highest BCUT2D eigenvalue weighted by molar-refractivity contribution is 5.95. The summed E-state index contributed by atoms with van der Waals surface area (Å²) in [6, 6.07) is 13.7. The Morgan fingerprint density at radius 2 is 1.82 bits per heavy atom. The van der Waals surface area contributed by atoms with Gasteiger partial charge in [-0.05, 0) is 24.3 Å². The molecule has 0 unspecified atom stereocenters. The van der Waals surface area contributed by atoms with Crippen LogP contribution in [0.5, 0.6) is 11.5 Å². The number of carbonyl (C=O) groups is 1. The Labute approximate surface area is 164 Å². The predicted molar refractivity (Wildman–Crippen MR) is 108 cm³/mol. The Morgan fingerprint density at radius 3 is 2.57 bits per heavy atom. The van der Waals surface area contributed by atoms with Crippen LogP contribution >= 0.6 is 0 Å². The Bertz CT molecular complexity index is 974. The molecule has 1 aromatic heterocycles. The number of rotatable bonds is 5. The molecular weight excluding hydrogens is 354 g/mol. The molecule has 2 aromatic carbocycles. The number of nitrogens with one attached hydrogen (secondary N) is 2. The van der Waals surface area contributed by atoms with Gasteiger partial charge in [0, 0.05) is 28.2 Å². The van der Waals surface area contributed by atoms with E-state index in [-0.39, 0.29) is 5.91 Å². The standard InChI is InChI=1S/C22H25N3O3/c1-27-20-8-7-16(13-21(20)28-2)22(26)25-11-9-24(10-12-25)15-17-14-23-19-6-4-3-5-18(17)19/h3-8,13-14,23H,9-12,15H2,1-2H3/p+1. The van der Waals surface area contributed by atoms with Crippen LogP contribution in [-0.4, -0.2) is 56.2 Å². The van der Waals surface area contributed by atoms with Gasteiger partial charge in [-0.2, -0.15) is 0 Å². The minimum atomic E-state index is 0.0482. The molecule has 2 heterocycles. The fraction of sp³-hybridized carbons (Fsp3) is 0.318. The zero-order valence-corrected chi connectivity index (χ0v) is 16.3. The van der Waals surface area contributed by atoms with Crippen molar-refractivity contribution in [3.05, 3.63) is 59.8 Å². The number of quaternary nitrogens is 1. The van der Waals surface area contributed by atoms with Crippen molar-refractivity contribution in [2.24, 2.45) is 0 Å². The third kappa shape index (κ3) is 3.55. The molecule has 2 N–H and O–H groups in total. The van der Waals surface area contributed by atoms with Gasteiger partial charge in [-0.1, -0.05) is 18.2 Å². The fourth-order valence-electron chi connectivity index (χ4n) is 3.90. The van der Waals surface area contributed by atoms with Gasteiger partial charge in [-0.3, -0.25) is 4.79 Å². The largest absolute Gasteiger partial charge is 0.493 e. The van der Waals surface area contributed by atoms with Crippen LogP contribution in [0.25, 0.3) is 10.9 Å². The van der Waals surface area contributed by atoms with Gasteiger partial charge in [0.1, 0.15) is 6.54 Å². The first-order valence-corrected chi connectivity index (χ1v) is 9.59. The summed E-state index contributed by atoms with van der Waals surface area (Å²) in [4.78, 5) is 19.7. The first kappa shape index (κ1) is 18.4. The Morgan fingerprint density at radius 1 is 1.07 bits per heavy atom. The summed E-state index contributed by atoms with van der Waals surface area (Å²) in [7, 11) is 3.17. The summed E-state index contributed by atoms with van der Waals surface area (Å²) >= 11 is 0. The lowest BCUT2D eigenvalue weighted by molar-refractivity contribution is -0.917. The molecule has 1 aliphatic heterocycles. The molecule has 1 fully saturated rings. The fourth-order valence-corrected chi connectivity index (χ4v) is 3.90. The monoisotopic (exact) mass is 380 g/mol. The molecule has 1 amide bonds. The molecule has 0 bridgehead atoms. The van der Waals surface area contributed by atoms with Gasteiger partial charge in [0.05, 0.1) is 40.4 Å². The number of aromatic amines is 1. The summed E-state index contributed by atoms with van der Waals surface area (Å²) in [5.41, 5.74) is 3.15. The van der Waals surface area contributed by atoms with Crippen LogP contribution in [-0.2, 0) is 6.54 Å². The van der Waals surface area contributed by atoms with E-state index in [1.165, 1.54) is 21.4 Å². The van der Waals surface area contributed by atoms with Gasteiger partial charge < -0.3 is 24.3 Å². The average molecular weight is 380 g/mol. The average Bonchev–Trinajstić information content (AvgIpc) is 3.16. The molecule has 4 rings (SSSR count). The molecular formula is C22H26N3O3+. The number of piperazine rings is 1. The minimum absolute atomic E-state index is 0.0482. The molecule has 0 saturated carbocycles. The maximum Gasteiger partial charge on any atom is 0.254 e. The number of para-hydroxylation sites is 1. The van der Waals surface area contributed by atoms with Crippen LogP contribution < -0.4 is 14.4 Å². The van der Waals surface area contributed by atoms with Crippen molar-refractivity contribution in [1.29, 1.82) is 0 Å². The second-order valence-corrected chi connectivity index (χ2v) is 7.15. The third-order valence-corrected chi connectivity index (χ3v) is 5.50. The van der Waals surface area contributed by atoms with Crippen LogP contribution in [0.3, 0.4) is 0 Å². The molecule has 28 heavy (non-hydrogen) atoms. The van der Waals surface area contributed by atoms with E-state index in [0.717, 1.165) is 32.7 Å². The maximum absolute atomic E-state index is 12.9. The van der Waals surface area contributed by atoms with Crippen molar-refractivity contribution >= 4 is 16.8 Å². The minimum Gasteiger partial charge on any atom is -0.493 e. The molecule has 0 aliphatic carbocycles. The summed E-state index contributed by atoms with van der Waals surface area (Å²) in [6.07, 6.45) is 2.11. The predicted octanol–water partition coefficient (Wildman–Crippen LogP) is 1.73. The van der Waals surface area contributed by atoms with E-state index in [1.807, 2.05) is 11.0 Å². The Kier molecular flexibility index (Phi) is 5.21. The van der Waals surface area contributed by atoms with Gasteiger partial charge in [0.25, 0.3) is 5.91 Å². The van der Waals surface area contributed by atoms with Gasteiger partial charge >= 0.3 is 0 Å². The number of ether oxygens (including phenoxy) is 2. The molecule has 6 heteroatoms. The Hall–Kier alpha value is -2.99. The zero-order valence-electron chi connectivity index (χ0n) is 16.3. The van der Waals surface area contributed by atoms with Crippen LogP contribution in [0.1, 0.15) is 15.9 Å². The number of fused-ring (bicyclic) bond motifs is 1. The highest BCUT2D eigenvalue weighted by atomic mass is 16.5. The van der Waals surface area contributed by atoms with Crippen molar-refractivity contribution < 1.29 is 19.2 Å². The number of methoxy groups -OCH3 is 2. The molecule has 146 valence electrons. The summed E-state index contributed by atoms with van der Waals surface area (Å²) in [6.45, 7) is 4.37. The van der Waals surface area contributed by atoms with E-state index in [0.29, 0.717) is 17.1 Å². The van der Waals surface area contributed by atoms with E-state index in [2.05, 4.69) is 29.4 Å². The topological polar surface area (TPSA) is 59.0 Å². The van der Waals surface area contributed by atoms with Crippen molar-refractivity contribution in [3.8, 4) is 11.5 Å². The number of hydrogen-bond donors (Lipinski definition) is 2. The second-order valence-electron chi connectivity index (χ2n) is 7.15. The van der Waals surface area contributed by atoms with E-state index in [9.17, 15) is 4.79 Å². The number of carbonyl (C=O) groups excluding carboxylic acids is 1. The molecule has 1 aliphatic rings. The molecule has 6 nitrogen and oxygen atoms in total. The number of H-pyrrole nitrogens is 1. The van der Waals surface area contributed by atoms with Crippen LogP contribution in [0, 0.1) is 0 Å². The highest BCUT2D eigenvalue weighted by Crippen LogP contribution is 2.28. The molecule has 3 aromatic rings. The lowest BCUT2D eigenvalue weighted by Crippen LogP contribution is -3.13. The van der Waals surface area contributed by atoms with Crippen LogP contribution in [0.15, 0.2) is 48.7 Å². The second kappa shape index (κ2) is 7.94. The van der Waals surface area contributed by atoms with E-state index >= 15 is 0 Å². The number of benzene rings is 2. The lowest BCUT2D eigenvalue weighted by atomic mass is 10.1. The quantitative estimate of drug-likeness (QED) is 0.709. The third-order valence-electron chi connectivity index (χ3n) is 5.50. The molecule has 1 saturated heterocycles. The maximum atomic E-state index is 12.9. The summed E-state index contributed by atoms with van der Waals surface area (Å²) in [5.74, 6) is 1.26. The zero-order chi connectivity index (χ0) is 19.5. The van der Waals surface area contributed by atoms with Gasteiger partial charge in [-0.25, -0.2) is 0 Å². The van der Waals surface area contributed by atoms with E-state index in [4.69, 9.17) is 9.47 Å². The van der Waals surface area contributed by atoms with Crippen molar-refractivity contribution in [3.63, 3.8) is 0 Å². The van der Waals surface area contributed by atoms with E-state index in [1.54, 1.807) is 32.4 Å². The highest BCUT2D eigenvalue weighted by Gasteiger charge is 2.25. The van der Waals surface area contributed by atoms with Gasteiger partial charge in [0.15, 0.2) is 11.5 Å². The number of aromatic nitrogens is 1. The van der Waals surface area contributed by atoms with Crippen LogP contribution in [0.4, 0.5) is 0 Å². The smallest absolute Gasteiger partial charge is 0.254 e. The number of amides is 1. The van der Waals surface area contributed by atoms with Crippen molar-refractivity contribution in [1.82, 2.24) is 9.88 Å². The van der Waals surface area contributed by atoms with Crippen molar-refractivity contribution in [2.75, 3.05) is 40.4 Å². The molecule has 0 atom stereocenters. The molecule has 0 spiro atoms. The van der Waals surface area contributed by atoms with Crippen molar-refractivity contribution in [2.45, 2.75) is 6.54 Å². The Balaban J connectivity index is 1.39. The first-order chi connectivity index (χ1) is 13.7. The number of hydrogen-bond acceptors (Lipinski definition) is 3. The SMILES string of the molecule is COc1ccc(C(=O)N2CC[NH+](Cc3c[nH]c4ccccc34)CC2)cc1OC. The van der Waals surface area contributed by atoms with E-state index < -0.39 is 0 Å². The number of nitrogens with zero attached hydrogens (tertiary/aromatic N) is 1. The van der Waals surface area contributed by atoms with Gasteiger partial charge in [-0.15, -0.1) is 0 Å². The first-order valence-electron chi connectivity index (χ1n) is 9.59. The lowest BCUT2D eigenvalue weighted by Gasteiger charge is -2.32. The normalized spacial score (nSPS) is 15.0. The summed E-state index contributed by atoms with van der Waals surface area (Å²) < 4.78 is 10.6. The van der Waals surface area contributed by atoms with Crippen LogP contribution in [0.2, 0.25) is 0 Å². The van der Waals surface area contributed by atoms with Gasteiger partial charge in [0.2, 0.25) is 0 Å².